The summed E-state index contributed by atoms with van der Waals surface area (Å²) < 4.78 is 5.01. The van der Waals surface area contributed by atoms with Crippen LogP contribution in [0.1, 0.15) is 38.5 Å². The molecule has 0 aromatic heterocycles. The van der Waals surface area contributed by atoms with Crippen molar-refractivity contribution in [3.05, 3.63) is 0 Å². The van der Waals surface area contributed by atoms with Crippen molar-refractivity contribution in [2.24, 2.45) is 0 Å². The van der Waals surface area contributed by atoms with E-state index in [0.29, 0.717) is 0 Å². The quantitative estimate of drug-likeness (QED) is 0.601. The van der Waals surface area contributed by atoms with E-state index in [9.17, 15) is 0 Å². The van der Waals surface area contributed by atoms with Crippen molar-refractivity contribution in [1.29, 1.82) is 0 Å². The summed E-state index contributed by atoms with van der Waals surface area (Å²) in [6, 6.07) is 0.720. The molecule has 1 aliphatic heterocycles. The van der Waals surface area contributed by atoms with Gasteiger partial charge in [-0.3, -0.25) is 0 Å². The van der Waals surface area contributed by atoms with Crippen LogP contribution in [0.15, 0.2) is 0 Å². The summed E-state index contributed by atoms with van der Waals surface area (Å²) in [6.07, 6.45) is 7.84. The number of ether oxygens (including phenoxy) is 1. The predicted octanol–water partition coefficient (Wildman–Crippen LogP) is 1.53. The second kappa shape index (κ2) is 9.13. The van der Waals surface area contributed by atoms with Crippen LogP contribution in [0.2, 0.25) is 0 Å². The van der Waals surface area contributed by atoms with E-state index in [1.54, 1.807) is 7.11 Å². The lowest BCUT2D eigenvalue weighted by molar-refractivity contribution is 0.192. The third-order valence-electron chi connectivity index (χ3n) is 3.01. The summed E-state index contributed by atoms with van der Waals surface area (Å²) in [7, 11) is 1.77. The van der Waals surface area contributed by atoms with Gasteiger partial charge >= 0.3 is 0 Å². The van der Waals surface area contributed by atoms with Crippen LogP contribution in [0.25, 0.3) is 0 Å². The Morgan fingerprint density at radius 3 is 2.93 bits per heavy atom. The average molecular weight is 214 g/mol. The smallest absolute Gasteiger partial charge is 0.0462 e. The van der Waals surface area contributed by atoms with Crippen molar-refractivity contribution in [2.75, 3.05) is 33.4 Å². The normalized spacial score (nSPS) is 21.8. The van der Waals surface area contributed by atoms with Gasteiger partial charge in [-0.05, 0) is 45.2 Å². The van der Waals surface area contributed by atoms with Crippen LogP contribution >= 0.6 is 0 Å². The number of rotatable bonds is 8. The SMILES string of the molecule is COCCCCCNCC1CCCCN1. The Morgan fingerprint density at radius 2 is 2.20 bits per heavy atom. The van der Waals surface area contributed by atoms with Gasteiger partial charge in [-0.25, -0.2) is 0 Å². The van der Waals surface area contributed by atoms with E-state index >= 15 is 0 Å². The molecule has 1 fully saturated rings. The minimum Gasteiger partial charge on any atom is -0.385 e. The predicted molar refractivity (Wildman–Crippen MR) is 64.2 cm³/mol. The number of hydrogen-bond acceptors (Lipinski definition) is 3. The van der Waals surface area contributed by atoms with Gasteiger partial charge in [0.05, 0.1) is 0 Å². The monoisotopic (exact) mass is 214 g/mol. The van der Waals surface area contributed by atoms with Crippen molar-refractivity contribution in [3.63, 3.8) is 0 Å². The van der Waals surface area contributed by atoms with E-state index in [1.807, 2.05) is 0 Å². The Balaban J connectivity index is 1.79. The summed E-state index contributed by atoms with van der Waals surface area (Å²) >= 11 is 0. The molecule has 0 bridgehead atoms. The molecule has 0 aliphatic carbocycles. The molecule has 0 aromatic carbocycles. The van der Waals surface area contributed by atoms with Gasteiger partial charge in [0.1, 0.15) is 0 Å². The maximum atomic E-state index is 5.01. The molecule has 3 nitrogen and oxygen atoms in total. The van der Waals surface area contributed by atoms with Crippen molar-refractivity contribution in [2.45, 2.75) is 44.6 Å². The molecule has 2 N–H and O–H groups in total. The van der Waals surface area contributed by atoms with Gasteiger partial charge < -0.3 is 15.4 Å². The molecule has 1 saturated heterocycles. The topological polar surface area (TPSA) is 33.3 Å². The highest BCUT2D eigenvalue weighted by atomic mass is 16.5. The first-order chi connectivity index (χ1) is 7.43. The van der Waals surface area contributed by atoms with Gasteiger partial charge in [0.25, 0.3) is 0 Å². The molecular weight excluding hydrogens is 188 g/mol. The highest BCUT2D eigenvalue weighted by Gasteiger charge is 2.10. The molecule has 1 atom stereocenters. The van der Waals surface area contributed by atoms with Gasteiger partial charge in [0.2, 0.25) is 0 Å². The summed E-state index contributed by atoms with van der Waals surface area (Å²) in [5.41, 5.74) is 0. The summed E-state index contributed by atoms with van der Waals surface area (Å²) in [5.74, 6) is 0. The maximum absolute atomic E-state index is 5.01. The van der Waals surface area contributed by atoms with Crippen LogP contribution in [0.5, 0.6) is 0 Å². The molecule has 90 valence electrons. The highest BCUT2D eigenvalue weighted by Crippen LogP contribution is 2.05. The van der Waals surface area contributed by atoms with Crippen LogP contribution < -0.4 is 10.6 Å². The summed E-state index contributed by atoms with van der Waals surface area (Å²) in [6.45, 7) is 4.41. The lowest BCUT2D eigenvalue weighted by Crippen LogP contribution is -2.41. The molecule has 0 amide bonds. The van der Waals surface area contributed by atoms with Crippen LogP contribution in [0, 0.1) is 0 Å². The van der Waals surface area contributed by atoms with Gasteiger partial charge in [0.15, 0.2) is 0 Å². The molecule has 0 aromatic rings. The first-order valence-corrected chi connectivity index (χ1v) is 6.36. The van der Waals surface area contributed by atoms with Crippen LogP contribution in [-0.4, -0.2) is 39.4 Å². The van der Waals surface area contributed by atoms with Gasteiger partial charge in [-0.2, -0.15) is 0 Å². The second-order valence-corrected chi connectivity index (χ2v) is 4.40. The van der Waals surface area contributed by atoms with E-state index in [2.05, 4.69) is 10.6 Å². The van der Waals surface area contributed by atoms with E-state index in [-0.39, 0.29) is 0 Å². The highest BCUT2D eigenvalue weighted by molar-refractivity contribution is 4.73. The number of nitrogens with one attached hydrogen (secondary N) is 2. The first kappa shape index (κ1) is 12.9. The van der Waals surface area contributed by atoms with E-state index in [4.69, 9.17) is 4.74 Å². The van der Waals surface area contributed by atoms with Gasteiger partial charge in [-0.1, -0.05) is 6.42 Å². The number of methoxy groups -OCH3 is 1. The Hall–Kier alpha value is -0.120. The van der Waals surface area contributed by atoms with Crippen LogP contribution in [-0.2, 0) is 4.74 Å². The van der Waals surface area contributed by atoms with Crippen LogP contribution in [0.3, 0.4) is 0 Å². The van der Waals surface area contributed by atoms with E-state index in [0.717, 1.165) is 25.7 Å². The molecule has 0 radical (unpaired) electrons. The van der Waals surface area contributed by atoms with Crippen LogP contribution in [0.4, 0.5) is 0 Å². The number of unbranched alkanes of at least 4 members (excludes halogenated alkanes) is 2. The zero-order valence-corrected chi connectivity index (χ0v) is 10.1. The Morgan fingerprint density at radius 1 is 1.27 bits per heavy atom. The zero-order chi connectivity index (χ0) is 10.8. The van der Waals surface area contributed by atoms with E-state index in [1.165, 1.54) is 45.1 Å². The summed E-state index contributed by atoms with van der Waals surface area (Å²) in [5, 5.41) is 7.08. The molecule has 1 aliphatic rings. The third-order valence-corrected chi connectivity index (χ3v) is 3.01. The minimum atomic E-state index is 0.720. The molecule has 1 unspecified atom stereocenters. The zero-order valence-electron chi connectivity index (χ0n) is 10.1. The Kier molecular flexibility index (Phi) is 7.88. The first-order valence-electron chi connectivity index (χ1n) is 6.36. The Labute approximate surface area is 94.0 Å². The molecule has 0 saturated carbocycles. The average Bonchev–Trinajstić information content (AvgIpc) is 2.29. The van der Waals surface area contributed by atoms with Crippen molar-refractivity contribution in [1.82, 2.24) is 10.6 Å². The third kappa shape index (κ3) is 6.88. The fraction of sp³-hybridized carbons (Fsp3) is 1.00. The van der Waals surface area contributed by atoms with Gasteiger partial charge in [-0.15, -0.1) is 0 Å². The van der Waals surface area contributed by atoms with Gasteiger partial charge in [0, 0.05) is 26.3 Å². The lowest BCUT2D eigenvalue weighted by Gasteiger charge is -2.23. The fourth-order valence-corrected chi connectivity index (χ4v) is 2.05. The Bertz CT molecular complexity index is 136. The maximum Gasteiger partial charge on any atom is 0.0462 e. The van der Waals surface area contributed by atoms with E-state index < -0.39 is 0 Å². The molecule has 0 spiro atoms. The molecule has 1 heterocycles. The lowest BCUT2D eigenvalue weighted by atomic mass is 10.1. The fourth-order valence-electron chi connectivity index (χ4n) is 2.05. The standard InChI is InChI=1S/C12H26N2O/c1-15-10-6-2-4-8-13-11-12-7-3-5-9-14-12/h12-14H,2-11H2,1H3. The number of piperidine rings is 1. The van der Waals surface area contributed by atoms with Crippen molar-refractivity contribution < 1.29 is 4.74 Å². The molecular formula is C12H26N2O. The largest absolute Gasteiger partial charge is 0.385 e. The molecule has 15 heavy (non-hydrogen) atoms. The second-order valence-electron chi connectivity index (χ2n) is 4.40. The van der Waals surface area contributed by atoms with Crippen molar-refractivity contribution in [3.8, 4) is 0 Å². The molecule has 3 heteroatoms. The molecule has 1 rings (SSSR count). The minimum absolute atomic E-state index is 0.720. The number of hydrogen-bond donors (Lipinski definition) is 2. The summed E-state index contributed by atoms with van der Waals surface area (Å²) in [4.78, 5) is 0. The van der Waals surface area contributed by atoms with Crippen molar-refractivity contribution >= 4 is 0 Å².